The van der Waals surface area contributed by atoms with Gasteiger partial charge in [-0.3, -0.25) is 0 Å². The van der Waals surface area contributed by atoms with Crippen molar-refractivity contribution >= 4 is 17.6 Å². The largest absolute Gasteiger partial charge is 0.508 e. The van der Waals surface area contributed by atoms with Gasteiger partial charge < -0.3 is 25.4 Å². The lowest BCUT2D eigenvalue weighted by Gasteiger charge is -2.07. The van der Waals surface area contributed by atoms with Gasteiger partial charge in [0.1, 0.15) is 17.1 Å². The predicted octanol–water partition coefficient (Wildman–Crippen LogP) is 3.81. The molecule has 0 amide bonds. The molecule has 0 heterocycles. The average molecular weight is 389 g/mol. The van der Waals surface area contributed by atoms with E-state index in [0.29, 0.717) is 23.4 Å². The number of hydrogen-bond donors (Lipinski definition) is 3. The zero-order valence-corrected chi connectivity index (χ0v) is 16.4. The maximum atomic E-state index is 11.4. The van der Waals surface area contributed by atoms with Crippen LogP contribution in [0.4, 0.5) is 5.69 Å². The van der Waals surface area contributed by atoms with E-state index in [1.54, 1.807) is 38.1 Å². The number of esters is 2. The molecule has 0 saturated carbocycles. The highest BCUT2D eigenvalue weighted by atomic mass is 16.5. The van der Waals surface area contributed by atoms with Crippen molar-refractivity contribution < 1.29 is 29.3 Å². The normalized spacial score (nSPS) is 9.82. The first-order chi connectivity index (χ1) is 13.3. The number of ether oxygens (including phenoxy) is 2. The highest BCUT2D eigenvalue weighted by molar-refractivity contribution is 5.94. The van der Waals surface area contributed by atoms with Gasteiger partial charge in [0.05, 0.1) is 18.8 Å². The SMILES string of the molecule is CCCCOC(=O)c1ccc(N)cc1.CCOC(=O)c1c(C)cc(O)cc1O. The lowest BCUT2D eigenvalue weighted by Crippen LogP contribution is -2.06. The van der Waals surface area contributed by atoms with E-state index in [4.69, 9.17) is 20.3 Å². The molecular weight excluding hydrogens is 362 g/mol. The van der Waals surface area contributed by atoms with Gasteiger partial charge in [-0.25, -0.2) is 9.59 Å². The zero-order valence-electron chi connectivity index (χ0n) is 16.4. The van der Waals surface area contributed by atoms with Crippen molar-refractivity contribution in [3.05, 3.63) is 53.1 Å². The first-order valence-corrected chi connectivity index (χ1v) is 9.02. The van der Waals surface area contributed by atoms with E-state index in [9.17, 15) is 14.7 Å². The Morgan fingerprint density at radius 1 is 1.00 bits per heavy atom. The molecule has 7 heteroatoms. The molecule has 2 aromatic rings. The number of hydrogen-bond acceptors (Lipinski definition) is 7. The molecule has 0 aliphatic carbocycles. The molecule has 0 aliphatic heterocycles. The summed E-state index contributed by atoms with van der Waals surface area (Å²) in [6, 6.07) is 9.23. The number of anilines is 1. The van der Waals surface area contributed by atoms with Gasteiger partial charge in [-0.15, -0.1) is 0 Å². The minimum atomic E-state index is -0.581. The molecule has 7 nitrogen and oxygen atoms in total. The van der Waals surface area contributed by atoms with Crippen LogP contribution in [0.1, 0.15) is 53.0 Å². The van der Waals surface area contributed by atoms with Gasteiger partial charge in [0.25, 0.3) is 0 Å². The lowest BCUT2D eigenvalue weighted by atomic mass is 10.1. The molecule has 2 aromatic carbocycles. The van der Waals surface area contributed by atoms with E-state index in [1.165, 1.54) is 6.07 Å². The topological polar surface area (TPSA) is 119 Å². The Morgan fingerprint density at radius 2 is 1.64 bits per heavy atom. The number of rotatable bonds is 6. The van der Waals surface area contributed by atoms with Crippen LogP contribution in [0, 0.1) is 6.92 Å². The predicted molar refractivity (Wildman–Crippen MR) is 107 cm³/mol. The third-order valence-electron chi connectivity index (χ3n) is 3.66. The van der Waals surface area contributed by atoms with E-state index < -0.39 is 5.97 Å². The summed E-state index contributed by atoms with van der Waals surface area (Å²) >= 11 is 0. The van der Waals surface area contributed by atoms with Crippen LogP contribution < -0.4 is 5.73 Å². The number of carbonyl (C=O) groups is 2. The molecule has 152 valence electrons. The summed E-state index contributed by atoms with van der Waals surface area (Å²) < 4.78 is 9.78. The number of nitrogens with two attached hydrogens (primary N) is 1. The van der Waals surface area contributed by atoms with Crippen LogP contribution in [-0.2, 0) is 9.47 Å². The molecule has 0 unspecified atom stereocenters. The standard InChI is InChI=1S/C11H15NO2.C10H12O4/c1-2-3-8-14-11(13)9-4-6-10(12)7-5-9;1-3-14-10(13)9-6(2)4-7(11)5-8(9)12/h4-7H,2-3,8,12H2,1H3;4-5,11-12H,3H2,1-2H3. The molecular formula is C21H27NO6. The van der Waals surface area contributed by atoms with E-state index in [-0.39, 0.29) is 29.6 Å². The van der Waals surface area contributed by atoms with Crippen LogP contribution >= 0.6 is 0 Å². The summed E-state index contributed by atoms with van der Waals surface area (Å²) in [5.41, 5.74) is 7.28. The summed E-state index contributed by atoms with van der Waals surface area (Å²) in [6.45, 7) is 6.09. The van der Waals surface area contributed by atoms with Crippen LogP contribution in [0.3, 0.4) is 0 Å². The molecule has 4 N–H and O–H groups in total. The van der Waals surface area contributed by atoms with E-state index in [0.717, 1.165) is 18.9 Å². The Kier molecular flexibility index (Phi) is 9.36. The number of phenols is 2. The second kappa shape index (κ2) is 11.5. The summed E-state index contributed by atoms with van der Waals surface area (Å²) in [7, 11) is 0. The number of benzene rings is 2. The van der Waals surface area contributed by atoms with E-state index >= 15 is 0 Å². The van der Waals surface area contributed by atoms with E-state index in [2.05, 4.69) is 6.92 Å². The summed E-state index contributed by atoms with van der Waals surface area (Å²) in [4.78, 5) is 22.7. The number of aryl methyl sites for hydroxylation is 1. The number of aromatic hydroxyl groups is 2. The van der Waals surface area contributed by atoms with Gasteiger partial charge >= 0.3 is 11.9 Å². The van der Waals surface area contributed by atoms with Crippen LogP contribution in [0.25, 0.3) is 0 Å². The first-order valence-electron chi connectivity index (χ1n) is 9.02. The Morgan fingerprint density at radius 3 is 2.18 bits per heavy atom. The van der Waals surface area contributed by atoms with Gasteiger partial charge in [0.15, 0.2) is 0 Å². The molecule has 28 heavy (non-hydrogen) atoms. The first kappa shape index (κ1) is 22.8. The van der Waals surface area contributed by atoms with Crippen molar-refractivity contribution in [3.8, 4) is 11.5 Å². The van der Waals surface area contributed by atoms with Gasteiger partial charge in [-0.2, -0.15) is 0 Å². The van der Waals surface area contributed by atoms with Crippen molar-refractivity contribution in [1.29, 1.82) is 0 Å². The fraction of sp³-hybridized carbons (Fsp3) is 0.333. The molecule has 0 fully saturated rings. The fourth-order valence-corrected chi connectivity index (χ4v) is 2.23. The van der Waals surface area contributed by atoms with Crippen molar-refractivity contribution in [2.24, 2.45) is 0 Å². The number of phenolic OH excluding ortho intramolecular Hbond substituents is 2. The highest BCUT2D eigenvalue weighted by Gasteiger charge is 2.16. The molecule has 0 saturated heterocycles. The summed E-state index contributed by atoms with van der Waals surface area (Å²) in [5, 5.41) is 18.5. The third kappa shape index (κ3) is 7.19. The van der Waals surface area contributed by atoms with Crippen molar-refractivity contribution in [3.63, 3.8) is 0 Å². The number of unbranched alkanes of at least 4 members (excludes halogenated alkanes) is 1. The van der Waals surface area contributed by atoms with Crippen molar-refractivity contribution in [2.75, 3.05) is 18.9 Å². The molecule has 2 rings (SSSR count). The van der Waals surface area contributed by atoms with Crippen molar-refractivity contribution in [2.45, 2.75) is 33.6 Å². The van der Waals surface area contributed by atoms with Gasteiger partial charge in [-0.1, -0.05) is 13.3 Å². The minimum Gasteiger partial charge on any atom is -0.508 e. The number of nitrogen functional groups attached to an aromatic ring is 1. The number of carbonyl (C=O) groups excluding carboxylic acids is 2. The summed E-state index contributed by atoms with van der Waals surface area (Å²) in [5.74, 6) is -1.20. The lowest BCUT2D eigenvalue weighted by molar-refractivity contribution is 0.0496. The molecule has 0 aromatic heterocycles. The second-order valence-corrected chi connectivity index (χ2v) is 5.99. The van der Waals surface area contributed by atoms with Gasteiger partial charge in [-0.05, 0) is 56.2 Å². The molecule has 0 radical (unpaired) electrons. The Bertz CT molecular complexity index is 763. The van der Waals surface area contributed by atoms with Crippen molar-refractivity contribution in [1.82, 2.24) is 0 Å². The highest BCUT2D eigenvalue weighted by Crippen LogP contribution is 2.27. The molecule has 0 atom stereocenters. The third-order valence-corrected chi connectivity index (χ3v) is 3.66. The monoisotopic (exact) mass is 389 g/mol. The molecule has 0 aliphatic rings. The molecule has 0 spiro atoms. The average Bonchev–Trinajstić information content (AvgIpc) is 2.62. The smallest absolute Gasteiger partial charge is 0.342 e. The van der Waals surface area contributed by atoms with Gasteiger partial charge in [0, 0.05) is 11.8 Å². The van der Waals surface area contributed by atoms with Crippen LogP contribution in [0.2, 0.25) is 0 Å². The maximum absolute atomic E-state index is 11.4. The molecule has 0 bridgehead atoms. The Balaban J connectivity index is 0.000000280. The van der Waals surface area contributed by atoms with E-state index in [1.807, 2.05) is 0 Å². The summed E-state index contributed by atoms with van der Waals surface area (Å²) in [6.07, 6.45) is 1.93. The zero-order chi connectivity index (χ0) is 21.1. The Hall–Kier alpha value is -3.22. The quantitative estimate of drug-likeness (QED) is 0.390. The van der Waals surface area contributed by atoms with Crippen LogP contribution in [0.15, 0.2) is 36.4 Å². The maximum Gasteiger partial charge on any atom is 0.342 e. The fourth-order valence-electron chi connectivity index (χ4n) is 2.23. The second-order valence-electron chi connectivity index (χ2n) is 5.99. The Labute approximate surface area is 164 Å². The van der Waals surface area contributed by atoms with Crippen LogP contribution in [0.5, 0.6) is 11.5 Å². The van der Waals surface area contributed by atoms with Crippen LogP contribution in [-0.4, -0.2) is 35.4 Å². The minimum absolute atomic E-state index is 0.0759. The van der Waals surface area contributed by atoms with Gasteiger partial charge in [0.2, 0.25) is 0 Å².